The lowest BCUT2D eigenvalue weighted by atomic mass is 9.96. The van der Waals surface area contributed by atoms with E-state index in [1.807, 2.05) is 4.90 Å². The summed E-state index contributed by atoms with van der Waals surface area (Å²) in [6.07, 6.45) is 1.68. The number of aromatic nitrogens is 2. The Morgan fingerprint density at radius 1 is 1.21 bits per heavy atom. The number of ether oxygens (including phenoxy) is 2. The van der Waals surface area contributed by atoms with E-state index in [1.165, 1.54) is 0 Å². The van der Waals surface area contributed by atoms with E-state index in [0.717, 1.165) is 24.4 Å². The zero-order valence-corrected chi connectivity index (χ0v) is 17.5. The van der Waals surface area contributed by atoms with Crippen LogP contribution in [0.15, 0.2) is 18.2 Å². The molecule has 0 spiro atoms. The molecule has 1 aliphatic rings. The topological polar surface area (TPSA) is 106 Å². The van der Waals surface area contributed by atoms with Crippen LogP contribution in [0.5, 0.6) is 11.5 Å². The van der Waals surface area contributed by atoms with Gasteiger partial charge in [-0.05, 0) is 49.3 Å². The molecule has 1 saturated heterocycles. The number of anilines is 1. The largest absolute Gasteiger partial charge is 0.493 e. The van der Waals surface area contributed by atoms with E-state index in [1.54, 1.807) is 39.3 Å². The quantitative estimate of drug-likeness (QED) is 0.745. The number of amides is 3. The van der Waals surface area contributed by atoms with Crippen molar-refractivity contribution in [2.45, 2.75) is 19.8 Å². The molecule has 29 heavy (non-hydrogen) atoms. The molecule has 0 aliphatic carbocycles. The molecule has 9 nitrogen and oxygen atoms in total. The second kappa shape index (κ2) is 9.55. The number of urea groups is 1. The minimum atomic E-state index is -0.276. The van der Waals surface area contributed by atoms with Crippen LogP contribution in [0.3, 0.4) is 0 Å². The van der Waals surface area contributed by atoms with Gasteiger partial charge < -0.3 is 25.0 Å². The lowest BCUT2D eigenvalue weighted by Gasteiger charge is -2.31. The number of nitrogens with one attached hydrogen (secondary N) is 2. The highest BCUT2D eigenvalue weighted by atomic mass is 32.1. The molecule has 2 N–H and O–H groups in total. The SMILES string of the molecule is COc1ccc(NC(=O)NCC2CCN(C(=O)c3snnc3C)CC2)cc1OC. The molecule has 3 amide bonds. The fraction of sp³-hybridized carbons (Fsp3) is 0.474. The summed E-state index contributed by atoms with van der Waals surface area (Å²) in [6.45, 7) is 3.69. The van der Waals surface area contributed by atoms with E-state index in [0.29, 0.717) is 53.3 Å². The minimum absolute atomic E-state index is 0.00453. The summed E-state index contributed by atoms with van der Waals surface area (Å²) in [5.41, 5.74) is 1.30. The summed E-state index contributed by atoms with van der Waals surface area (Å²) in [5, 5.41) is 9.60. The third-order valence-electron chi connectivity index (χ3n) is 4.94. The molecule has 0 unspecified atom stereocenters. The third-order valence-corrected chi connectivity index (χ3v) is 5.76. The number of piperidine rings is 1. The first kappa shape index (κ1) is 20.8. The number of hydrogen-bond acceptors (Lipinski definition) is 7. The van der Waals surface area contributed by atoms with Gasteiger partial charge in [-0.1, -0.05) is 4.49 Å². The predicted molar refractivity (Wildman–Crippen MR) is 110 cm³/mol. The standard InChI is InChI=1S/C19H25N5O4S/c1-12-17(29-23-22-12)18(25)24-8-6-13(7-9-24)11-20-19(26)21-14-4-5-15(27-2)16(10-14)28-3/h4-5,10,13H,6-9,11H2,1-3H3,(H2,20,21,26). The molecule has 156 valence electrons. The van der Waals surface area contributed by atoms with Gasteiger partial charge in [0.25, 0.3) is 5.91 Å². The number of rotatable bonds is 6. The fourth-order valence-electron chi connectivity index (χ4n) is 3.24. The van der Waals surface area contributed by atoms with Crippen LogP contribution in [0, 0.1) is 12.8 Å². The molecule has 1 fully saturated rings. The van der Waals surface area contributed by atoms with Crippen molar-refractivity contribution >= 4 is 29.2 Å². The number of carbonyl (C=O) groups is 2. The minimum Gasteiger partial charge on any atom is -0.493 e. The molecule has 2 aromatic rings. The molecule has 1 aromatic carbocycles. The van der Waals surface area contributed by atoms with E-state index >= 15 is 0 Å². The molecular weight excluding hydrogens is 394 g/mol. The van der Waals surface area contributed by atoms with E-state index < -0.39 is 0 Å². The van der Waals surface area contributed by atoms with Crippen LogP contribution in [0.1, 0.15) is 28.2 Å². The van der Waals surface area contributed by atoms with Crippen LogP contribution in [-0.4, -0.2) is 60.3 Å². The van der Waals surface area contributed by atoms with Gasteiger partial charge in [0.2, 0.25) is 0 Å². The number of benzene rings is 1. The number of aryl methyl sites for hydroxylation is 1. The monoisotopic (exact) mass is 419 g/mol. The number of methoxy groups -OCH3 is 2. The molecule has 0 radical (unpaired) electrons. The summed E-state index contributed by atoms with van der Waals surface area (Å²) in [4.78, 5) is 27.2. The van der Waals surface area contributed by atoms with Crippen LogP contribution < -0.4 is 20.1 Å². The van der Waals surface area contributed by atoms with Gasteiger partial charge >= 0.3 is 6.03 Å². The smallest absolute Gasteiger partial charge is 0.319 e. The first-order chi connectivity index (χ1) is 14.0. The van der Waals surface area contributed by atoms with E-state index in [9.17, 15) is 9.59 Å². The Morgan fingerprint density at radius 3 is 2.55 bits per heavy atom. The Bertz CT molecular complexity index is 864. The maximum atomic E-state index is 12.5. The molecule has 0 bridgehead atoms. The first-order valence-corrected chi connectivity index (χ1v) is 10.1. The first-order valence-electron chi connectivity index (χ1n) is 9.37. The molecule has 10 heteroatoms. The Morgan fingerprint density at radius 2 is 1.93 bits per heavy atom. The number of nitrogens with zero attached hydrogens (tertiary/aromatic N) is 3. The highest BCUT2D eigenvalue weighted by molar-refractivity contribution is 7.07. The number of hydrogen-bond donors (Lipinski definition) is 2. The van der Waals surface area contributed by atoms with E-state index in [4.69, 9.17) is 9.47 Å². The van der Waals surface area contributed by atoms with Crippen molar-refractivity contribution in [3.63, 3.8) is 0 Å². The summed E-state index contributed by atoms with van der Waals surface area (Å²) in [7, 11) is 3.11. The molecule has 0 saturated carbocycles. The van der Waals surface area contributed by atoms with Crippen molar-refractivity contribution in [1.29, 1.82) is 0 Å². The number of likely N-dealkylation sites (tertiary alicyclic amines) is 1. The highest BCUT2D eigenvalue weighted by Crippen LogP contribution is 2.29. The van der Waals surface area contributed by atoms with Crippen molar-refractivity contribution in [3.05, 3.63) is 28.8 Å². The zero-order valence-electron chi connectivity index (χ0n) is 16.7. The van der Waals surface area contributed by atoms with Crippen molar-refractivity contribution in [1.82, 2.24) is 19.8 Å². The van der Waals surface area contributed by atoms with Gasteiger partial charge in [0.05, 0.1) is 19.9 Å². The van der Waals surface area contributed by atoms with Gasteiger partial charge in [-0.25, -0.2) is 4.79 Å². The molecule has 0 atom stereocenters. The Hall–Kier alpha value is -2.88. The normalized spacial score (nSPS) is 14.4. The van der Waals surface area contributed by atoms with Crippen LogP contribution in [0.2, 0.25) is 0 Å². The van der Waals surface area contributed by atoms with Gasteiger partial charge in [0, 0.05) is 31.4 Å². The average molecular weight is 420 g/mol. The summed E-state index contributed by atoms with van der Waals surface area (Å²) < 4.78 is 14.3. The average Bonchev–Trinajstić information content (AvgIpc) is 3.17. The Kier molecular flexibility index (Phi) is 6.86. The summed E-state index contributed by atoms with van der Waals surface area (Å²) in [6, 6.07) is 4.92. The van der Waals surface area contributed by atoms with Crippen LogP contribution in [0.4, 0.5) is 10.5 Å². The lowest BCUT2D eigenvalue weighted by molar-refractivity contribution is 0.0694. The van der Waals surface area contributed by atoms with Crippen LogP contribution in [-0.2, 0) is 0 Å². The van der Waals surface area contributed by atoms with Crippen molar-refractivity contribution in [2.75, 3.05) is 39.2 Å². The van der Waals surface area contributed by atoms with Gasteiger partial charge in [-0.15, -0.1) is 5.10 Å². The van der Waals surface area contributed by atoms with E-state index in [2.05, 4.69) is 20.2 Å². The maximum absolute atomic E-state index is 12.5. The van der Waals surface area contributed by atoms with Crippen molar-refractivity contribution < 1.29 is 19.1 Å². The molecule has 1 aromatic heterocycles. The van der Waals surface area contributed by atoms with E-state index in [-0.39, 0.29) is 11.9 Å². The third kappa shape index (κ3) is 5.14. The zero-order chi connectivity index (χ0) is 20.8. The van der Waals surface area contributed by atoms with Crippen molar-refractivity contribution in [2.24, 2.45) is 5.92 Å². The summed E-state index contributed by atoms with van der Waals surface area (Å²) in [5.74, 6) is 1.48. The highest BCUT2D eigenvalue weighted by Gasteiger charge is 2.26. The summed E-state index contributed by atoms with van der Waals surface area (Å²) >= 11 is 1.14. The second-order valence-electron chi connectivity index (χ2n) is 6.83. The van der Waals surface area contributed by atoms with Gasteiger partial charge in [-0.2, -0.15) is 0 Å². The predicted octanol–water partition coefficient (Wildman–Crippen LogP) is 2.54. The second-order valence-corrected chi connectivity index (χ2v) is 7.58. The lowest BCUT2D eigenvalue weighted by Crippen LogP contribution is -2.42. The Balaban J connectivity index is 1.44. The fourth-order valence-corrected chi connectivity index (χ4v) is 3.86. The van der Waals surface area contributed by atoms with Crippen LogP contribution in [0.25, 0.3) is 0 Å². The van der Waals surface area contributed by atoms with Crippen LogP contribution >= 0.6 is 11.5 Å². The molecule has 3 rings (SSSR count). The molecule has 2 heterocycles. The van der Waals surface area contributed by atoms with Gasteiger partial charge in [0.1, 0.15) is 4.88 Å². The number of carbonyl (C=O) groups excluding carboxylic acids is 2. The Labute approximate surface area is 173 Å². The molecule has 1 aliphatic heterocycles. The van der Waals surface area contributed by atoms with Gasteiger partial charge in [-0.3, -0.25) is 4.79 Å². The van der Waals surface area contributed by atoms with Gasteiger partial charge in [0.15, 0.2) is 11.5 Å². The maximum Gasteiger partial charge on any atom is 0.319 e. The molecular formula is C19H25N5O4S. The van der Waals surface area contributed by atoms with Crippen molar-refractivity contribution in [3.8, 4) is 11.5 Å².